The lowest BCUT2D eigenvalue weighted by Crippen LogP contribution is -2.47. The summed E-state index contributed by atoms with van der Waals surface area (Å²) in [4.78, 5) is 11.6. The highest BCUT2D eigenvalue weighted by Gasteiger charge is 2.49. The van der Waals surface area contributed by atoms with Gasteiger partial charge in [0.1, 0.15) is 6.10 Å². The molecule has 2 heteroatoms. The lowest BCUT2D eigenvalue weighted by Gasteiger charge is -2.49. The number of carbonyl (C=O) groups is 1. The predicted octanol–water partition coefficient (Wildman–Crippen LogP) is 3.10. The number of esters is 1. The molecule has 3 saturated carbocycles. The molecule has 4 aliphatic carbocycles. The first-order valence-electron chi connectivity index (χ1n) is 6.70. The van der Waals surface area contributed by atoms with Crippen LogP contribution in [-0.4, -0.2) is 12.1 Å². The molecule has 0 saturated heterocycles. The van der Waals surface area contributed by atoms with Gasteiger partial charge in [-0.1, -0.05) is 18.7 Å². The van der Waals surface area contributed by atoms with Gasteiger partial charge in [0.15, 0.2) is 0 Å². The minimum Gasteiger partial charge on any atom is -0.459 e. The van der Waals surface area contributed by atoms with Gasteiger partial charge in [-0.3, -0.25) is 0 Å². The Hall–Kier alpha value is -1.05. The van der Waals surface area contributed by atoms with E-state index in [2.05, 4.69) is 18.7 Å². The van der Waals surface area contributed by atoms with E-state index in [4.69, 9.17) is 4.74 Å². The zero-order valence-electron chi connectivity index (χ0n) is 10.4. The Morgan fingerprint density at radius 1 is 1.35 bits per heavy atom. The minimum absolute atomic E-state index is 0.152. The summed E-state index contributed by atoms with van der Waals surface area (Å²) in [7, 11) is 0. The second-order valence-corrected chi connectivity index (χ2v) is 5.87. The molecule has 0 amide bonds. The molecule has 2 bridgehead atoms. The summed E-state index contributed by atoms with van der Waals surface area (Å²) < 4.78 is 5.63. The van der Waals surface area contributed by atoms with Crippen LogP contribution in [0.1, 0.15) is 32.6 Å². The fourth-order valence-corrected chi connectivity index (χ4v) is 4.06. The van der Waals surface area contributed by atoms with Gasteiger partial charge in [0.25, 0.3) is 0 Å². The Labute approximate surface area is 103 Å². The first-order valence-corrected chi connectivity index (χ1v) is 6.70. The Morgan fingerprint density at radius 3 is 2.94 bits per heavy atom. The summed E-state index contributed by atoms with van der Waals surface area (Å²) in [6.45, 7) is 5.39. The second-order valence-electron chi connectivity index (χ2n) is 5.87. The lowest BCUT2D eigenvalue weighted by molar-refractivity contribution is -0.158. The van der Waals surface area contributed by atoms with Crippen molar-refractivity contribution >= 4 is 5.97 Å². The molecule has 0 aliphatic heterocycles. The van der Waals surface area contributed by atoms with E-state index >= 15 is 0 Å². The van der Waals surface area contributed by atoms with E-state index in [1.54, 1.807) is 6.92 Å². The van der Waals surface area contributed by atoms with E-state index in [0.717, 1.165) is 24.2 Å². The first-order chi connectivity index (χ1) is 8.16. The van der Waals surface area contributed by atoms with Gasteiger partial charge in [0, 0.05) is 5.57 Å². The molecular weight excluding hydrogens is 212 g/mol. The van der Waals surface area contributed by atoms with Crippen molar-refractivity contribution in [3.63, 3.8) is 0 Å². The number of carbonyl (C=O) groups excluding carboxylic acids is 1. The van der Waals surface area contributed by atoms with Crippen LogP contribution in [0.2, 0.25) is 0 Å². The van der Waals surface area contributed by atoms with Gasteiger partial charge in [0.2, 0.25) is 0 Å². The van der Waals surface area contributed by atoms with Crippen LogP contribution >= 0.6 is 0 Å². The fourth-order valence-electron chi connectivity index (χ4n) is 4.06. The fraction of sp³-hybridized carbons (Fsp3) is 0.667. The van der Waals surface area contributed by atoms with Crippen molar-refractivity contribution in [1.82, 2.24) is 0 Å². The van der Waals surface area contributed by atoms with Crippen LogP contribution in [0, 0.1) is 23.7 Å². The molecule has 92 valence electrons. The number of ether oxygens (including phenoxy) is 1. The number of rotatable bonds is 2. The quantitative estimate of drug-likeness (QED) is 0.415. The maximum Gasteiger partial charge on any atom is 0.333 e. The zero-order chi connectivity index (χ0) is 12.0. The number of hydrogen-bond donors (Lipinski definition) is 0. The third-order valence-electron chi connectivity index (χ3n) is 4.85. The van der Waals surface area contributed by atoms with Crippen LogP contribution in [-0.2, 0) is 9.53 Å². The monoisotopic (exact) mass is 232 g/mol. The Kier molecular flexibility index (Phi) is 2.61. The highest BCUT2D eigenvalue weighted by Crippen LogP contribution is 2.54. The average Bonchev–Trinajstić information content (AvgIpc) is 2.80. The topological polar surface area (TPSA) is 26.3 Å². The van der Waals surface area contributed by atoms with Crippen LogP contribution in [0.25, 0.3) is 0 Å². The second kappa shape index (κ2) is 4.01. The molecule has 0 radical (unpaired) electrons. The van der Waals surface area contributed by atoms with E-state index in [9.17, 15) is 4.79 Å². The van der Waals surface area contributed by atoms with Gasteiger partial charge in [-0.15, -0.1) is 0 Å². The summed E-state index contributed by atoms with van der Waals surface area (Å²) in [5, 5.41) is 0. The average molecular weight is 232 g/mol. The maximum atomic E-state index is 11.6. The number of fused-ring (bicyclic) bond motifs is 2. The van der Waals surface area contributed by atoms with E-state index in [1.807, 2.05) is 0 Å². The summed E-state index contributed by atoms with van der Waals surface area (Å²) in [5.41, 5.74) is 0.521. The summed E-state index contributed by atoms with van der Waals surface area (Å²) >= 11 is 0. The molecule has 0 aromatic carbocycles. The van der Waals surface area contributed by atoms with Crippen molar-refractivity contribution in [2.24, 2.45) is 23.7 Å². The van der Waals surface area contributed by atoms with E-state index in [-0.39, 0.29) is 12.1 Å². The number of allylic oxidation sites excluding steroid dienone is 2. The van der Waals surface area contributed by atoms with Crippen LogP contribution in [0.5, 0.6) is 0 Å². The predicted molar refractivity (Wildman–Crippen MR) is 66.3 cm³/mol. The third kappa shape index (κ3) is 1.74. The largest absolute Gasteiger partial charge is 0.459 e. The SMILES string of the molecule is C=C(C)C(=O)OC1CC2CCC1C1CC=CC21. The van der Waals surface area contributed by atoms with Gasteiger partial charge in [-0.2, -0.15) is 0 Å². The highest BCUT2D eigenvalue weighted by atomic mass is 16.5. The highest BCUT2D eigenvalue weighted by molar-refractivity contribution is 5.87. The summed E-state index contributed by atoms with van der Waals surface area (Å²) in [6, 6.07) is 0. The van der Waals surface area contributed by atoms with Gasteiger partial charge in [0.05, 0.1) is 0 Å². The van der Waals surface area contributed by atoms with Crippen molar-refractivity contribution < 1.29 is 9.53 Å². The Morgan fingerprint density at radius 2 is 2.18 bits per heavy atom. The van der Waals surface area contributed by atoms with Crippen LogP contribution in [0.4, 0.5) is 0 Å². The van der Waals surface area contributed by atoms with Crippen molar-refractivity contribution in [3.05, 3.63) is 24.3 Å². The summed E-state index contributed by atoms with van der Waals surface area (Å²) in [5.74, 6) is 2.64. The van der Waals surface area contributed by atoms with Crippen molar-refractivity contribution in [2.45, 2.75) is 38.7 Å². The molecule has 0 aromatic heterocycles. The molecule has 5 atom stereocenters. The molecular formula is C15H20O2. The van der Waals surface area contributed by atoms with Crippen LogP contribution in [0.3, 0.4) is 0 Å². The maximum absolute atomic E-state index is 11.6. The van der Waals surface area contributed by atoms with Crippen LogP contribution < -0.4 is 0 Å². The van der Waals surface area contributed by atoms with Crippen molar-refractivity contribution in [1.29, 1.82) is 0 Å². The lowest BCUT2D eigenvalue weighted by atomic mass is 9.58. The number of hydrogen-bond acceptors (Lipinski definition) is 2. The smallest absolute Gasteiger partial charge is 0.333 e. The van der Waals surface area contributed by atoms with Crippen molar-refractivity contribution in [3.8, 4) is 0 Å². The Bertz CT molecular complexity index is 382. The zero-order valence-corrected chi connectivity index (χ0v) is 10.4. The van der Waals surface area contributed by atoms with Gasteiger partial charge < -0.3 is 4.74 Å². The molecule has 2 nitrogen and oxygen atoms in total. The Balaban J connectivity index is 1.73. The van der Waals surface area contributed by atoms with E-state index in [1.165, 1.54) is 19.3 Å². The molecule has 0 N–H and O–H groups in total. The van der Waals surface area contributed by atoms with E-state index < -0.39 is 0 Å². The molecule has 0 heterocycles. The standard InChI is InChI=1S/C15H20O2/c1-9(2)15(16)17-14-8-10-6-7-13(14)12-5-3-4-11(10)12/h3-4,10-14H,1,5-8H2,2H3. The molecule has 0 spiro atoms. The molecule has 0 aromatic rings. The van der Waals surface area contributed by atoms with Gasteiger partial charge >= 0.3 is 5.97 Å². The first kappa shape index (κ1) is 11.1. The minimum atomic E-state index is -0.204. The van der Waals surface area contributed by atoms with Gasteiger partial charge in [-0.25, -0.2) is 4.79 Å². The molecule has 4 aliphatic rings. The summed E-state index contributed by atoms with van der Waals surface area (Å²) in [6.07, 6.45) is 9.68. The molecule has 17 heavy (non-hydrogen) atoms. The van der Waals surface area contributed by atoms with Crippen molar-refractivity contribution in [2.75, 3.05) is 0 Å². The van der Waals surface area contributed by atoms with E-state index in [0.29, 0.717) is 11.5 Å². The molecule has 3 fully saturated rings. The van der Waals surface area contributed by atoms with Crippen LogP contribution in [0.15, 0.2) is 24.3 Å². The molecule has 4 rings (SSSR count). The normalized spacial score (nSPS) is 42.3. The van der Waals surface area contributed by atoms with Gasteiger partial charge in [-0.05, 0) is 56.3 Å². The molecule has 5 unspecified atom stereocenters. The third-order valence-corrected chi connectivity index (χ3v) is 4.85.